The zero-order valence-electron chi connectivity index (χ0n) is 16.2. The van der Waals surface area contributed by atoms with Gasteiger partial charge in [0.05, 0.1) is 19.0 Å². The van der Waals surface area contributed by atoms with Crippen LogP contribution in [0, 0.1) is 5.82 Å². The molecule has 7 nitrogen and oxygen atoms in total. The molecule has 0 aliphatic carbocycles. The van der Waals surface area contributed by atoms with Gasteiger partial charge in [-0.05, 0) is 26.0 Å². The van der Waals surface area contributed by atoms with E-state index < -0.39 is 15.7 Å². The van der Waals surface area contributed by atoms with Crippen LogP contribution in [0.15, 0.2) is 34.2 Å². The van der Waals surface area contributed by atoms with Gasteiger partial charge >= 0.3 is 0 Å². The van der Waals surface area contributed by atoms with E-state index in [9.17, 15) is 12.8 Å². The molecule has 0 radical (unpaired) electrons. The van der Waals surface area contributed by atoms with Crippen LogP contribution in [0.2, 0.25) is 0 Å². The van der Waals surface area contributed by atoms with Crippen molar-refractivity contribution in [1.82, 2.24) is 15.5 Å². The van der Waals surface area contributed by atoms with Crippen LogP contribution in [0.25, 0.3) is 0 Å². The normalized spacial score (nSPS) is 17.0. The van der Waals surface area contributed by atoms with Gasteiger partial charge in [0.25, 0.3) is 0 Å². The number of ether oxygens (including phenoxy) is 1. The Morgan fingerprint density at radius 1 is 1.26 bits per heavy atom. The largest absolute Gasteiger partial charge is 0.379 e. The summed E-state index contributed by atoms with van der Waals surface area (Å²) in [6, 6.07) is 5.41. The van der Waals surface area contributed by atoms with Gasteiger partial charge in [-0.1, -0.05) is 12.1 Å². The molecule has 9 heteroatoms. The third-order valence-corrected chi connectivity index (χ3v) is 6.36. The van der Waals surface area contributed by atoms with Crippen molar-refractivity contribution in [2.75, 3.05) is 52.2 Å². The number of sulfone groups is 1. The van der Waals surface area contributed by atoms with Crippen molar-refractivity contribution in [1.29, 1.82) is 0 Å². The average Bonchev–Trinajstić information content (AvgIpc) is 2.65. The number of guanidine groups is 1. The molecule has 1 fully saturated rings. The molecule has 27 heavy (non-hydrogen) atoms. The van der Waals surface area contributed by atoms with Gasteiger partial charge in [0.2, 0.25) is 0 Å². The highest BCUT2D eigenvalue weighted by atomic mass is 32.2. The molecule has 0 aromatic heterocycles. The van der Waals surface area contributed by atoms with Crippen LogP contribution < -0.4 is 10.6 Å². The van der Waals surface area contributed by atoms with Crippen LogP contribution >= 0.6 is 0 Å². The van der Waals surface area contributed by atoms with Crippen molar-refractivity contribution in [3.05, 3.63) is 30.1 Å². The smallest absolute Gasteiger partial charge is 0.191 e. The van der Waals surface area contributed by atoms with Gasteiger partial charge in [-0.25, -0.2) is 12.8 Å². The van der Waals surface area contributed by atoms with Gasteiger partial charge in [-0.2, -0.15) is 0 Å². The first-order valence-corrected chi connectivity index (χ1v) is 10.7. The summed E-state index contributed by atoms with van der Waals surface area (Å²) in [5.74, 6) is -0.436. The van der Waals surface area contributed by atoms with Crippen LogP contribution in [0.5, 0.6) is 0 Å². The highest BCUT2D eigenvalue weighted by Crippen LogP contribution is 2.16. The molecule has 1 aromatic carbocycles. The second-order valence-corrected chi connectivity index (χ2v) is 9.09. The van der Waals surface area contributed by atoms with E-state index in [1.54, 1.807) is 7.05 Å². The van der Waals surface area contributed by atoms with Crippen LogP contribution in [0.4, 0.5) is 4.39 Å². The second-order valence-electron chi connectivity index (χ2n) is 7.01. The van der Waals surface area contributed by atoms with Gasteiger partial charge in [0.15, 0.2) is 15.8 Å². The summed E-state index contributed by atoms with van der Waals surface area (Å²) in [5.41, 5.74) is -0.0966. The number of hydrogen-bond acceptors (Lipinski definition) is 5. The lowest BCUT2D eigenvalue weighted by atomic mass is 10.0. The molecule has 1 aliphatic heterocycles. The molecule has 0 saturated carbocycles. The summed E-state index contributed by atoms with van der Waals surface area (Å²) in [6.07, 6.45) is 0. The molecule has 0 unspecified atom stereocenters. The topological polar surface area (TPSA) is 83.0 Å². The number of benzene rings is 1. The molecule has 0 spiro atoms. The number of nitrogens with one attached hydrogen (secondary N) is 2. The summed E-state index contributed by atoms with van der Waals surface area (Å²) < 4.78 is 43.7. The molecule has 0 atom stereocenters. The van der Waals surface area contributed by atoms with E-state index in [0.29, 0.717) is 12.5 Å². The minimum Gasteiger partial charge on any atom is -0.379 e. The lowest BCUT2D eigenvalue weighted by Gasteiger charge is -2.41. The molecule has 0 bridgehead atoms. The van der Waals surface area contributed by atoms with Gasteiger partial charge in [-0.15, -0.1) is 0 Å². The second kappa shape index (κ2) is 9.48. The Morgan fingerprint density at radius 3 is 2.56 bits per heavy atom. The van der Waals surface area contributed by atoms with Crippen LogP contribution in [-0.4, -0.2) is 77.0 Å². The van der Waals surface area contributed by atoms with E-state index in [2.05, 4.69) is 34.4 Å². The van der Waals surface area contributed by atoms with Crippen molar-refractivity contribution in [2.45, 2.75) is 24.3 Å². The number of nitrogens with zero attached hydrogens (tertiary/aromatic N) is 2. The molecular weight excluding hydrogens is 371 g/mol. The highest BCUT2D eigenvalue weighted by Gasteiger charge is 2.28. The summed E-state index contributed by atoms with van der Waals surface area (Å²) >= 11 is 0. The lowest BCUT2D eigenvalue weighted by Crippen LogP contribution is -2.56. The van der Waals surface area contributed by atoms with Gasteiger partial charge in [-0.3, -0.25) is 9.89 Å². The van der Waals surface area contributed by atoms with Crippen molar-refractivity contribution >= 4 is 15.8 Å². The Bertz CT molecular complexity index is 747. The molecule has 1 saturated heterocycles. The van der Waals surface area contributed by atoms with Gasteiger partial charge in [0, 0.05) is 38.8 Å². The fraction of sp³-hybridized carbons (Fsp3) is 0.611. The molecule has 0 amide bonds. The maximum atomic E-state index is 13.7. The SMILES string of the molecule is CN=C(NCCS(=O)(=O)c1ccccc1F)NCC(C)(C)N1CCOCC1. The first-order chi connectivity index (χ1) is 12.8. The molecule has 1 heterocycles. The minimum absolute atomic E-state index is 0.0966. The third-order valence-electron chi connectivity index (χ3n) is 4.61. The lowest BCUT2D eigenvalue weighted by molar-refractivity contribution is -0.00833. The molecular formula is C18H29FN4O3S. The van der Waals surface area contributed by atoms with Crippen LogP contribution in [0.1, 0.15) is 13.8 Å². The Labute approximate surface area is 160 Å². The Hall–Kier alpha value is -1.71. The maximum Gasteiger partial charge on any atom is 0.191 e. The molecule has 2 N–H and O–H groups in total. The minimum atomic E-state index is -3.70. The summed E-state index contributed by atoms with van der Waals surface area (Å²) in [5, 5.41) is 6.22. The van der Waals surface area contributed by atoms with E-state index in [4.69, 9.17) is 4.74 Å². The number of halogens is 1. The Balaban J connectivity index is 1.84. The monoisotopic (exact) mass is 400 g/mol. The van der Waals surface area contributed by atoms with Crippen molar-refractivity contribution in [2.24, 2.45) is 4.99 Å². The zero-order chi connectivity index (χ0) is 19.9. The average molecular weight is 401 g/mol. The molecule has 152 valence electrons. The first-order valence-electron chi connectivity index (χ1n) is 9.01. The van der Waals surface area contributed by atoms with Crippen molar-refractivity contribution in [3.8, 4) is 0 Å². The fourth-order valence-electron chi connectivity index (χ4n) is 2.91. The van der Waals surface area contributed by atoms with Gasteiger partial charge in [0.1, 0.15) is 10.7 Å². The fourth-order valence-corrected chi connectivity index (χ4v) is 4.15. The van der Waals surface area contributed by atoms with E-state index in [-0.39, 0.29) is 22.7 Å². The van der Waals surface area contributed by atoms with E-state index in [1.807, 2.05) is 0 Å². The predicted octanol–water partition coefficient (Wildman–Crippen LogP) is 0.875. The summed E-state index contributed by atoms with van der Waals surface area (Å²) in [6.45, 7) is 8.27. The van der Waals surface area contributed by atoms with Crippen LogP contribution in [-0.2, 0) is 14.6 Å². The van der Waals surface area contributed by atoms with E-state index in [1.165, 1.54) is 18.2 Å². The highest BCUT2D eigenvalue weighted by molar-refractivity contribution is 7.91. The maximum absolute atomic E-state index is 13.7. The summed E-state index contributed by atoms with van der Waals surface area (Å²) in [7, 11) is -2.07. The number of rotatable bonds is 7. The first kappa shape index (κ1) is 21.6. The van der Waals surface area contributed by atoms with E-state index >= 15 is 0 Å². The molecule has 2 rings (SSSR count). The van der Waals surface area contributed by atoms with Crippen molar-refractivity contribution in [3.63, 3.8) is 0 Å². The molecule has 1 aromatic rings. The zero-order valence-corrected chi connectivity index (χ0v) is 17.0. The van der Waals surface area contributed by atoms with Gasteiger partial charge < -0.3 is 15.4 Å². The summed E-state index contributed by atoms with van der Waals surface area (Å²) in [4.78, 5) is 6.20. The Morgan fingerprint density at radius 2 is 1.93 bits per heavy atom. The number of morpholine rings is 1. The van der Waals surface area contributed by atoms with Crippen molar-refractivity contribution < 1.29 is 17.5 Å². The quantitative estimate of drug-likeness (QED) is 0.522. The Kier molecular flexibility index (Phi) is 7.58. The predicted molar refractivity (Wildman–Crippen MR) is 104 cm³/mol. The number of aliphatic imine (C=N–C) groups is 1. The standard InChI is InChI=1S/C18H29FN4O3S/c1-18(2,23-9-11-26-12-10-23)14-22-17(20-3)21-8-13-27(24,25)16-7-5-4-6-15(16)19/h4-7H,8-14H2,1-3H3,(H2,20,21,22). The van der Waals surface area contributed by atoms with E-state index in [0.717, 1.165) is 32.4 Å². The number of hydrogen-bond donors (Lipinski definition) is 2. The third kappa shape index (κ3) is 6.15. The molecule has 1 aliphatic rings. The van der Waals surface area contributed by atoms with Crippen LogP contribution in [0.3, 0.4) is 0 Å².